The highest BCUT2D eigenvalue weighted by atomic mass is 28.4. The van der Waals surface area contributed by atoms with E-state index < -0.39 is 8.32 Å². The minimum atomic E-state index is -1.73. The van der Waals surface area contributed by atoms with E-state index in [0.29, 0.717) is 6.61 Å². The van der Waals surface area contributed by atoms with Crippen molar-refractivity contribution in [2.45, 2.75) is 45.5 Å². The molecular weight excluding hydrogens is 219 g/mol. The third kappa shape index (κ3) is 3.42. The van der Waals surface area contributed by atoms with Crippen molar-refractivity contribution in [1.29, 1.82) is 0 Å². The molecule has 1 aromatic carbocycles. The molecular formula is C13H21FOSi. The molecule has 0 unspecified atom stereocenters. The Morgan fingerprint density at radius 3 is 2.38 bits per heavy atom. The number of halogens is 1. The normalized spacial score (nSPS) is 12.9. The maximum Gasteiger partial charge on any atom is 0.192 e. The maximum atomic E-state index is 13.0. The summed E-state index contributed by atoms with van der Waals surface area (Å²) in [6, 6.07) is 6.61. The third-order valence-corrected chi connectivity index (χ3v) is 7.77. The van der Waals surface area contributed by atoms with Gasteiger partial charge in [-0.05, 0) is 35.8 Å². The summed E-state index contributed by atoms with van der Waals surface area (Å²) in [4.78, 5) is 0. The Bertz CT molecular complexity index is 355. The van der Waals surface area contributed by atoms with Crippen molar-refractivity contribution in [3.05, 3.63) is 35.6 Å². The summed E-state index contributed by atoms with van der Waals surface area (Å²) in [5.74, 6) is -0.198. The highest BCUT2D eigenvalue weighted by Crippen LogP contribution is 2.37. The fourth-order valence-electron chi connectivity index (χ4n) is 1.11. The standard InChI is InChI=1S/C13H21FOSi/c1-13(2,3)16(4,5)15-10-11-7-6-8-12(14)9-11/h6-9H,10H2,1-5H3. The summed E-state index contributed by atoms with van der Waals surface area (Å²) in [5, 5.41) is 0.195. The molecule has 3 heteroatoms. The van der Waals surface area contributed by atoms with Crippen molar-refractivity contribution in [3.63, 3.8) is 0 Å². The van der Waals surface area contributed by atoms with E-state index in [2.05, 4.69) is 33.9 Å². The summed E-state index contributed by atoms with van der Waals surface area (Å²) < 4.78 is 19.0. The van der Waals surface area contributed by atoms with Gasteiger partial charge in [-0.2, -0.15) is 0 Å². The lowest BCUT2D eigenvalue weighted by Gasteiger charge is -2.36. The number of rotatable bonds is 3. The van der Waals surface area contributed by atoms with E-state index in [4.69, 9.17) is 4.43 Å². The molecule has 0 saturated heterocycles. The molecule has 0 N–H and O–H groups in total. The van der Waals surface area contributed by atoms with Crippen LogP contribution in [0, 0.1) is 5.82 Å². The van der Waals surface area contributed by atoms with Crippen LogP contribution in [0.2, 0.25) is 18.1 Å². The van der Waals surface area contributed by atoms with Crippen LogP contribution in [0.25, 0.3) is 0 Å². The molecule has 0 heterocycles. The van der Waals surface area contributed by atoms with E-state index >= 15 is 0 Å². The molecule has 0 fully saturated rings. The van der Waals surface area contributed by atoms with E-state index in [-0.39, 0.29) is 10.9 Å². The number of hydrogen-bond donors (Lipinski definition) is 0. The predicted molar refractivity (Wildman–Crippen MR) is 68.4 cm³/mol. The maximum absolute atomic E-state index is 13.0. The Morgan fingerprint density at radius 2 is 1.88 bits per heavy atom. The average molecular weight is 240 g/mol. The van der Waals surface area contributed by atoms with Crippen LogP contribution < -0.4 is 0 Å². The fraction of sp³-hybridized carbons (Fsp3) is 0.538. The lowest BCUT2D eigenvalue weighted by Crippen LogP contribution is -2.40. The Labute approximate surface area is 98.8 Å². The average Bonchev–Trinajstić information content (AvgIpc) is 2.13. The van der Waals surface area contributed by atoms with Crippen molar-refractivity contribution in [3.8, 4) is 0 Å². The second kappa shape index (κ2) is 4.68. The largest absolute Gasteiger partial charge is 0.413 e. The summed E-state index contributed by atoms with van der Waals surface area (Å²) in [6.45, 7) is 11.5. The first kappa shape index (κ1) is 13.4. The molecule has 0 aromatic heterocycles. The van der Waals surface area contributed by atoms with Crippen LogP contribution in [0.4, 0.5) is 4.39 Å². The van der Waals surface area contributed by atoms with Gasteiger partial charge in [-0.25, -0.2) is 4.39 Å². The molecule has 16 heavy (non-hydrogen) atoms. The molecule has 0 radical (unpaired) electrons. The van der Waals surface area contributed by atoms with E-state index in [0.717, 1.165) is 5.56 Å². The van der Waals surface area contributed by atoms with E-state index in [9.17, 15) is 4.39 Å². The Hall–Kier alpha value is -0.673. The van der Waals surface area contributed by atoms with Gasteiger partial charge in [-0.1, -0.05) is 32.9 Å². The molecule has 0 aliphatic rings. The summed E-state index contributed by atoms with van der Waals surface area (Å²) in [5.41, 5.74) is 0.907. The first-order valence-electron chi connectivity index (χ1n) is 5.61. The van der Waals surface area contributed by atoms with Gasteiger partial charge < -0.3 is 4.43 Å². The molecule has 1 nitrogen and oxygen atoms in total. The lowest BCUT2D eigenvalue weighted by molar-refractivity contribution is 0.276. The van der Waals surface area contributed by atoms with Crippen molar-refractivity contribution < 1.29 is 8.82 Å². The van der Waals surface area contributed by atoms with E-state index in [1.165, 1.54) is 12.1 Å². The summed E-state index contributed by atoms with van der Waals surface area (Å²) in [7, 11) is -1.73. The minimum absolute atomic E-state index is 0.195. The smallest absolute Gasteiger partial charge is 0.192 e. The Balaban J connectivity index is 2.65. The zero-order chi connectivity index (χ0) is 12.4. The molecule has 0 spiro atoms. The molecule has 0 aliphatic heterocycles. The van der Waals surface area contributed by atoms with Crippen molar-refractivity contribution in [2.24, 2.45) is 0 Å². The first-order chi connectivity index (χ1) is 7.22. The van der Waals surface area contributed by atoms with Crippen LogP contribution in [0.1, 0.15) is 26.3 Å². The highest BCUT2D eigenvalue weighted by Gasteiger charge is 2.36. The SMILES string of the molecule is CC(C)(C)[Si](C)(C)OCc1cccc(F)c1. The van der Waals surface area contributed by atoms with Crippen LogP contribution in [0.15, 0.2) is 24.3 Å². The van der Waals surface area contributed by atoms with Gasteiger partial charge in [-0.3, -0.25) is 0 Å². The minimum Gasteiger partial charge on any atom is -0.413 e. The van der Waals surface area contributed by atoms with Crippen molar-refractivity contribution in [2.75, 3.05) is 0 Å². The quantitative estimate of drug-likeness (QED) is 0.714. The van der Waals surface area contributed by atoms with Crippen LogP contribution >= 0.6 is 0 Å². The molecule has 0 aliphatic carbocycles. The predicted octanol–water partition coefficient (Wildman–Crippen LogP) is 4.35. The Kier molecular flexibility index (Phi) is 3.91. The van der Waals surface area contributed by atoms with Gasteiger partial charge in [0, 0.05) is 0 Å². The van der Waals surface area contributed by atoms with Crippen LogP contribution in [0.3, 0.4) is 0 Å². The van der Waals surface area contributed by atoms with Crippen LogP contribution in [-0.4, -0.2) is 8.32 Å². The van der Waals surface area contributed by atoms with Crippen LogP contribution in [0.5, 0.6) is 0 Å². The topological polar surface area (TPSA) is 9.23 Å². The molecule has 1 rings (SSSR count). The third-order valence-electron chi connectivity index (χ3n) is 3.29. The molecule has 0 amide bonds. The van der Waals surface area contributed by atoms with Gasteiger partial charge in [0.2, 0.25) is 0 Å². The zero-order valence-electron chi connectivity index (χ0n) is 10.8. The van der Waals surface area contributed by atoms with Crippen molar-refractivity contribution in [1.82, 2.24) is 0 Å². The van der Waals surface area contributed by atoms with Gasteiger partial charge in [0.1, 0.15) is 5.82 Å². The molecule has 1 aromatic rings. The Morgan fingerprint density at radius 1 is 1.25 bits per heavy atom. The van der Waals surface area contributed by atoms with Crippen LogP contribution in [-0.2, 0) is 11.0 Å². The summed E-state index contributed by atoms with van der Waals surface area (Å²) in [6.07, 6.45) is 0. The second-order valence-corrected chi connectivity index (χ2v) is 10.5. The van der Waals surface area contributed by atoms with E-state index in [1.54, 1.807) is 6.07 Å². The number of hydrogen-bond acceptors (Lipinski definition) is 1. The number of benzene rings is 1. The molecule has 90 valence electrons. The lowest BCUT2D eigenvalue weighted by atomic mass is 10.2. The molecule has 0 bridgehead atoms. The van der Waals surface area contributed by atoms with Gasteiger partial charge in [0.15, 0.2) is 8.32 Å². The monoisotopic (exact) mass is 240 g/mol. The first-order valence-corrected chi connectivity index (χ1v) is 8.51. The zero-order valence-corrected chi connectivity index (χ0v) is 11.8. The second-order valence-electron chi connectivity index (χ2n) is 5.68. The fourth-order valence-corrected chi connectivity index (χ4v) is 2.07. The van der Waals surface area contributed by atoms with E-state index in [1.807, 2.05) is 6.07 Å². The highest BCUT2D eigenvalue weighted by molar-refractivity contribution is 6.74. The van der Waals surface area contributed by atoms with Gasteiger partial charge in [0.25, 0.3) is 0 Å². The van der Waals surface area contributed by atoms with Crippen molar-refractivity contribution >= 4 is 8.32 Å². The molecule has 0 saturated carbocycles. The van der Waals surface area contributed by atoms with Gasteiger partial charge >= 0.3 is 0 Å². The molecule has 0 atom stereocenters. The van der Waals surface area contributed by atoms with Gasteiger partial charge in [0.05, 0.1) is 6.61 Å². The van der Waals surface area contributed by atoms with Gasteiger partial charge in [-0.15, -0.1) is 0 Å². The summed E-state index contributed by atoms with van der Waals surface area (Å²) >= 11 is 0.